The SMILES string of the molecule is Cn1cncc1C(O)C(O)CCS. The third-order valence-electron chi connectivity index (χ3n) is 1.95. The molecule has 1 aromatic rings. The van der Waals surface area contributed by atoms with E-state index in [4.69, 9.17) is 0 Å². The van der Waals surface area contributed by atoms with E-state index in [0.717, 1.165) is 0 Å². The summed E-state index contributed by atoms with van der Waals surface area (Å²) in [4.78, 5) is 3.86. The van der Waals surface area contributed by atoms with Crippen LogP contribution in [0.5, 0.6) is 0 Å². The number of hydrogen-bond acceptors (Lipinski definition) is 4. The highest BCUT2D eigenvalue weighted by atomic mass is 32.1. The minimum absolute atomic E-state index is 0.468. The Morgan fingerprint density at radius 2 is 2.31 bits per heavy atom. The largest absolute Gasteiger partial charge is 0.390 e. The lowest BCUT2D eigenvalue weighted by molar-refractivity contribution is 0.0130. The average molecular weight is 202 g/mol. The van der Waals surface area contributed by atoms with E-state index < -0.39 is 12.2 Å². The van der Waals surface area contributed by atoms with E-state index in [-0.39, 0.29) is 0 Å². The van der Waals surface area contributed by atoms with Crippen LogP contribution < -0.4 is 0 Å². The summed E-state index contributed by atoms with van der Waals surface area (Å²) >= 11 is 3.98. The summed E-state index contributed by atoms with van der Waals surface area (Å²) < 4.78 is 1.69. The molecule has 1 aromatic heterocycles. The Morgan fingerprint density at radius 3 is 2.77 bits per heavy atom. The van der Waals surface area contributed by atoms with Crippen LogP contribution in [0.15, 0.2) is 12.5 Å². The van der Waals surface area contributed by atoms with E-state index in [9.17, 15) is 10.2 Å². The van der Waals surface area contributed by atoms with Gasteiger partial charge >= 0.3 is 0 Å². The predicted octanol–water partition coefficient (Wildman–Crippen LogP) is 0.134. The van der Waals surface area contributed by atoms with Crippen molar-refractivity contribution in [3.63, 3.8) is 0 Å². The second-order valence-electron chi connectivity index (χ2n) is 2.95. The molecule has 5 heteroatoms. The summed E-state index contributed by atoms with van der Waals surface area (Å²) in [5.41, 5.74) is 0.620. The monoisotopic (exact) mass is 202 g/mol. The third kappa shape index (κ3) is 2.46. The van der Waals surface area contributed by atoms with E-state index in [0.29, 0.717) is 17.9 Å². The van der Waals surface area contributed by atoms with E-state index in [1.807, 2.05) is 0 Å². The second kappa shape index (κ2) is 4.64. The average Bonchev–Trinajstić information content (AvgIpc) is 2.50. The van der Waals surface area contributed by atoms with Crippen molar-refractivity contribution in [3.05, 3.63) is 18.2 Å². The Labute approximate surface area is 82.6 Å². The molecule has 0 aliphatic heterocycles. The maximum Gasteiger partial charge on any atom is 0.121 e. The fraction of sp³-hybridized carbons (Fsp3) is 0.625. The number of imidazole rings is 1. The molecule has 74 valence electrons. The molecule has 2 atom stereocenters. The van der Waals surface area contributed by atoms with Crippen molar-refractivity contribution in [2.24, 2.45) is 7.05 Å². The molecular weight excluding hydrogens is 188 g/mol. The maximum atomic E-state index is 9.65. The molecule has 0 aromatic carbocycles. The third-order valence-corrected chi connectivity index (χ3v) is 2.20. The van der Waals surface area contributed by atoms with Gasteiger partial charge in [-0.25, -0.2) is 4.98 Å². The Bertz CT molecular complexity index is 264. The molecule has 0 radical (unpaired) electrons. The van der Waals surface area contributed by atoms with Crippen molar-refractivity contribution in [2.45, 2.75) is 18.6 Å². The van der Waals surface area contributed by atoms with Gasteiger partial charge in [-0.05, 0) is 12.2 Å². The van der Waals surface area contributed by atoms with E-state index >= 15 is 0 Å². The van der Waals surface area contributed by atoms with Gasteiger partial charge in [0, 0.05) is 7.05 Å². The minimum Gasteiger partial charge on any atom is -0.390 e. The van der Waals surface area contributed by atoms with Crippen molar-refractivity contribution < 1.29 is 10.2 Å². The number of thiol groups is 1. The Morgan fingerprint density at radius 1 is 1.62 bits per heavy atom. The summed E-state index contributed by atoms with van der Waals surface area (Å²) in [7, 11) is 1.78. The van der Waals surface area contributed by atoms with E-state index in [1.165, 1.54) is 0 Å². The number of hydrogen-bond donors (Lipinski definition) is 3. The standard InChI is InChI=1S/C8H14N2O2S/c1-10-5-9-4-6(10)8(12)7(11)2-3-13/h4-5,7-8,11-13H,2-3H2,1H3. The van der Waals surface area contributed by atoms with Crippen LogP contribution in [0.2, 0.25) is 0 Å². The molecule has 0 aliphatic rings. The van der Waals surface area contributed by atoms with Crippen molar-refractivity contribution in [1.29, 1.82) is 0 Å². The number of nitrogens with zero attached hydrogens (tertiary/aromatic N) is 2. The van der Waals surface area contributed by atoms with Gasteiger partial charge in [0.25, 0.3) is 0 Å². The highest BCUT2D eigenvalue weighted by Gasteiger charge is 2.19. The zero-order valence-corrected chi connectivity index (χ0v) is 8.35. The van der Waals surface area contributed by atoms with Gasteiger partial charge in [0.15, 0.2) is 0 Å². The van der Waals surface area contributed by atoms with Crippen LogP contribution in [0.1, 0.15) is 18.2 Å². The molecule has 0 spiro atoms. The van der Waals surface area contributed by atoms with Crippen LogP contribution in [0.4, 0.5) is 0 Å². The first-order valence-electron chi connectivity index (χ1n) is 4.10. The lowest BCUT2D eigenvalue weighted by atomic mass is 10.1. The van der Waals surface area contributed by atoms with Gasteiger partial charge in [-0.2, -0.15) is 12.6 Å². The maximum absolute atomic E-state index is 9.65. The first-order chi connectivity index (χ1) is 6.16. The van der Waals surface area contributed by atoms with Crippen LogP contribution >= 0.6 is 12.6 Å². The lowest BCUT2D eigenvalue weighted by Crippen LogP contribution is -2.20. The Kier molecular flexibility index (Phi) is 3.77. The highest BCUT2D eigenvalue weighted by Crippen LogP contribution is 2.17. The molecule has 0 saturated heterocycles. The number of aromatic nitrogens is 2. The molecule has 0 saturated carbocycles. The van der Waals surface area contributed by atoms with Crippen LogP contribution in [-0.4, -0.2) is 31.6 Å². The van der Waals surface area contributed by atoms with Crippen LogP contribution in [0.25, 0.3) is 0 Å². The molecule has 0 aliphatic carbocycles. The minimum atomic E-state index is -0.875. The van der Waals surface area contributed by atoms with Gasteiger partial charge in [0.05, 0.1) is 24.3 Å². The van der Waals surface area contributed by atoms with Crippen LogP contribution in [0, 0.1) is 0 Å². The summed E-state index contributed by atoms with van der Waals surface area (Å²) in [5, 5.41) is 19.1. The summed E-state index contributed by atoms with van der Waals surface area (Å²) in [5.74, 6) is 0.552. The molecule has 4 nitrogen and oxygen atoms in total. The van der Waals surface area contributed by atoms with Gasteiger partial charge in [-0.15, -0.1) is 0 Å². The molecule has 1 heterocycles. The van der Waals surface area contributed by atoms with Crippen molar-refractivity contribution in [3.8, 4) is 0 Å². The highest BCUT2D eigenvalue weighted by molar-refractivity contribution is 7.80. The quantitative estimate of drug-likeness (QED) is 0.608. The van der Waals surface area contributed by atoms with Crippen molar-refractivity contribution >= 4 is 12.6 Å². The first-order valence-corrected chi connectivity index (χ1v) is 4.73. The second-order valence-corrected chi connectivity index (χ2v) is 3.40. The molecule has 0 bridgehead atoms. The summed E-state index contributed by atoms with van der Waals surface area (Å²) in [6, 6.07) is 0. The van der Waals surface area contributed by atoms with Crippen LogP contribution in [-0.2, 0) is 7.05 Å². The fourth-order valence-corrected chi connectivity index (χ4v) is 1.40. The molecule has 13 heavy (non-hydrogen) atoms. The summed E-state index contributed by atoms with van der Waals surface area (Å²) in [6.45, 7) is 0. The first kappa shape index (κ1) is 10.6. The number of aryl methyl sites for hydroxylation is 1. The zero-order valence-electron chi connectivity index (χ0n) is 7.46. The van der Waals surface area contributed by atoms with E-state index in [1.54, 1.807) is 24.1 Å². The van der Waals surface area contributed by atoms with Gasteiger partial charge in [0.2, 0.25) is 0 Å². The van der Waals surface area contributed by atoms with Gasteiger partial charge in [-0.3, -0.25) is 0 Å². The molecule has 0 amide bonds. The van der Waals surface area contributed by atoms with Crippen molar-refractivity contribution in [1.82, 2.24) is 9.55 Å². The van der Waals surface area contributed by atoms with Gasteiger partial charge in [0.1, 0.15) is 6.10 Å². The normalized spacial score (nSPS) is 15.7. The topological polar surface area (TPSA) is 58.3 Å². The van der Waals surface area contributed by atoms with Crippen molar-refractivity contribution in [2.75, 3.05) is 5.75 Å². The molecule has 2 unspecified atom stereocenters. The van der Waals surface area contributed by atoms with Gasteiger partial charge < -0.3 is 14.8 Å². The van der Waals surface area contributed by atoms with Gasteiger partial charge in [-0.1, -0.05) is 0 Å². The molecule has 0 fully saturated rings. The smallest absolute Gasteiger partial charge is 0.121 e. The Hall–Kier alpha value is -0.520. The zero-order chi connectivity index (χ0) is 9.84. The number of aliphatic hydroxyl groups excluding tert-OH is 2. The number of aliphatic hydroxyl groups is 2. The summed E-state index contributed by atoms with van der Waals surface area (Å²) in [6.07, 6.45) is 1.96. The van der Waals surface area contributed by atoms with E-state index in [2.05, 4.69) is 17.6 Å². The molecule has 2 N–H and O–H groups in total. The predicted molar refractivity (Wildman–Crippen MR) is 52.6 cm³/mol. The molecule has 1 rings (SSSR count). The fourth-order valence-electron chi connectivity index (χ4n) is 1.14. The van der Waals surface area contributed by atoms with Crippen LogP contribution in [0.3, 0.4) is 0 Å². The number of rotatable bonds is 4. The molecular formula is C8H14N2O2S. The Balaban J connectivity index is 2.67. The lowest BCUT2D eigenvalue weighted by Gasteiger charge is -2.16.